The normalized spacial score (nSPS) is 17.2. The number of hydrogen-bond donors (Lipinski definition) is 1. The molecule has 0 bridgehead atoms. The highest BCUT2D eigenvalue weighted by atomic mass is 16.4. The Morgan fingerprint density at radius 2 is 1.93 bits per heavy atom. The van der Waals surface area contributed by atoms with Crippen LogP contribution in [0.25, 0.3) is 10.8 Å². The summed E-state index contributed by atoms with van der Waals surface area (Å²) in [5, 5.41) is 14.5. The van der Waals surface area contributed by atoms with Gasteiger partial charge in [-0.2, -0.15) is 5.10 Å². The van der Waals surface area contributed by atoms with Crippen LogP contribution < -0.4 is 5.56 Å². The third-order valence-electron chi connectivity index (χ3n) is 5.19. The van der Waals surface area contributed by atoms with E-state index < -0.39 is 5.97 Å². The van der Waals surface area contributed by atoms with Gasteiger partial charge in [0, 0.05) is 30.9 Å². The highest BCUT2D eigenvalue weighted by molar-refractivity contribution is 6.04. The molecule has 1 aliphatic rings. The standard InChI is InChI=1S/C21H27N3O4/c1-14(2)13-24-20(27)17-9-4-3-8-16(17)19(22-24)21(28)23-12-6-5-7-15(23)10-11-18(25)26/h3-4,8-9,14-15H,5-7,10-13H2,1-2H3,(H,25,26). The summed E-state index contributed by atoms with van der Waals surface area (Å²) in [7, 11) is 0. The number of hydrogen-bond acceptors (Lipinski definition) is 4. The van der Waals surface area contributed by atoms with Gasteiger partial charge < -0.3 is 10.0 Å². The molecule has 7 nitrogen and oxygen atoms in total. The minimum absolute atomic E-state index is 0.0372. The van der Waals surface area contributed by atoms with Crippen LogP contribution in [0.3, 0.4) is 0 Å². The first-order valence-electron chi connectivity index (χ1n) is 9.91. The van der Waals surface area contributed by atoms with Crippen molar-refractivity contribution in [3.63, 3.8) is 0 Å². The summed E-state index contributed by atoms with van der Waals surface area (Å²) in [4.78, 5) is 38.9. The number of aliphatic carboxylic acids is 1. The zero-order valence-corrected chi connectivity index (χ0v) is 16.4. The van der Waals surface area contributed by atoms with Crippen LogP contribution in [-0.2, 0) is 11.3 Å². The molecule has 1 atom stereocenters. The molecule has 2 aromatic rings. The molecule has 1 aromatic carbocycles. The van der Waals surface area contributed by atoms with Crippen LogP contribution in [0.15, 0.2) is 29.1 Å². The largest absolute Gasteiger partial charge is 0.481 e. The van der Waals surface area contributed by atoms with Gasteiger partial charge in [-0.15, -0.1) is 0 Å². The molecule has 28 heavy (non-hydrogen) atoms. The molecule has 1 aromatic heterocycles. The van der Waals surface area contributed by atoms with Gasteiger partial charge in [0.25, 0.3) is 11.5 Å². The Balaban J connectivity index is 2.03. The monoisotopic (exact) mass is 385 g/mol. The molecule has 0 saturated carbocycles. The molecular weight excluding hydrogens is 358 g/mol. The van der Waals surface area contributed by atoms with Gasteiger partial charge in [0.2, 0.25) is 0 Å². The molecule has 1 saturated heterocycles. The molecule has 0 aliphatic carbocycles. The number of carbonyl (C=O) groups excluding carboxylic acids is 1. The maximum atomic E-state index is 13.4. The van der Waals surface area contributed by atoms with Crippen molar-refractivity contribution >= 4 is 22.6 Å². The molecular formula is C21H27N3O4. The van der Waals surface area contributed by atoms with E-state index in [4.69, 9.17) is 5.11 Å². The quantitative estimate of drug-likeness (QED) is 0.825. The topological polar surface area (TPSA) is 92.5 Å². The zero-order valence-electron chi connectivity index (χ0n) is 16.4. The van der Waals surface area contributed by atoms with E-state index in [1.54, 1.807) is 29.2 Å². The van der Waals surface area contributed by atoms with Gasteiger partial charge in [0.1, 0.15) is 0 Å². The van der Waals surface area contributed by atoms with Gasteiger partial charge in [0.15, 0.2) is 5.69 Å². The van der Waals surface area contributed by atoms with Crippen LogP contribution in [0.5, 0.6) is 0 Å². The maximum Gasteiger partial charge on any atom is 0.303 e. The van der Waals surface area contributed by atoms with Crippen molar-refractivity contribution in [1.82, 2.24) is 14.7 Å². The highest BCUT2D eigenvalue weighted by Gasteiger charge is 2.30. The first-order chi connectivity index (χ1) is 13.4. The summed E-state index contributed by atoms with van der Waals surface area (Å²) in [6, 6.07) is 6.96. The fourth-order valence-corrected chi connectivity index (χ4v) is 3.86. The van der Waals surface area contributed by atoms with E-state index in [1.165, 1.54) is 4.68 Å². The van der Waals surface area contributed by atoms with Gasteiger partial charge in [-0.25, -0.2) is 4.68 Å². The lowest BCUT2D eigenvalue weighted by molar-refractivity contribution is -0.137. The number of nitrogens with zero attached hydrogens (tertiary/aromatic N) is 3. The van der Waals surface area contributed by atoms with Crippen LogP contribution in [0.1, 0.15) is 56.4 Å². The molecule has 3 rings (SSSR count). The fraction of sp³-hybridized carbons (Fsp3) is 0.524. The molecule has 2 heterocycles. The molecule has 1 unspecified atom stereocenters. The van der Waals surface area contributed by atoms with Gasteiger partial charge in [-0.05, 0) is 37.7 Å². The first-order valence-corrected chi connectivity index (χ1v) is 9.91. The number of carboxylic acids is 1. The molecule has 1 N–H and O–H groups in total. The molecule has 1 aliphatic heterocycles. The van der Waals surface area contributed by atoms with E-state index >= 15 is 0 Å². The Bertz CT molecular complexity index is 935. The second-order valence-corrected chi connectivity index (χ2v) is 7.86. The second kappa shape index (κ2) is 8.54. The maximum absolute atomic E-state index is 13.4. The van der Waals surface area contributed by atoms with Crippen molar-refractivity contribution < 1.29 is 14.7 Å². The summed E-state index contributed by atoms with van der Waals surface area (Å²) in [6.45, 7) is 5.02. The van der Waals surface area contributed by atoms with E-state index in [2.05, 4.69) is 5.10 Å². The summed E-state index contributed by atoms with van der Waals surface area (Å²) in [5.74, 6) is -0.858. The molecule has 1 fully saturated rings. The van der Waals surface area contributed by atoms with E-state index in [-0.39, 0.29) is 35.5 Å². The number of amides is 1. The summed E-state index contributed by atoms with van der Waals surface area (Å²) in [6.07, 6.45) is 3.14. The zero-order chi connectivity index (χ0) is 20.3. The first kappa shape index (κ1) is 20.0. The van der Waals surface area contributed by atoms with Gasteiger partial charge in [0.05, 0.1) is 5.39 Å². The van der Waals surface area contributed by atoms with E-state index in [0.717, 1.165) is 19.3 Å². The van der Waals surface area contributed by atoms with Crippen molar-refractivity contribution in [2.75, 3.05) is 6.54 Å². The van der Waals surface area contributed by atoms with Gasteiger partial charge >= 0.3 is 5.97 Å². The van der Waals surface area contributed by atoms with E-state index in [0.29, 0.717) is 30.3 Å². The van der Waals surface area contributed by atoms with Crippen LogP contribution in [0.2, 0.25) is 0 Å². The lowest BCUT2D eigenvalue weighted by Gasteiger charge is -2.35. The lowest BCUT2D eigenvalue weighted by atomic mass is 9.97. The summed E-state index contributed by atoms with van der Waals surface area (Å²) >= 11 is 0. The minimum atomic E-state index is -0.855. The summed E-state index contributed by atoms with van der Waals surface area (Å²) in [5.41, 5.74) is 0.0833. The SMILES string of the molecule is CC(C)Cn1nc(C(=O)N2CCCCC2CCC(=O)O)c2ccccc2c1=O. The number of fused-ring (bicyclic) bond motifs is 1. The average molecular weight is 385 g/mol. The van der Waals surface area contributed by atoms with Crippen molar-refractivity contribution in [3.8, 4) is 0 Å². The van der Waals surface area contributed by atoms with Crippen LogP contribution in [0.4, 0.5) is 0 Å². The van der Waals surface area contributed by atoms with E-state index in [9.17, 15) is 14.4 Å². The average Bonchev–Trinajstić information content (AvgIpc) is 2.68. The number of piperidine rings is 1. The molecule has 150 valence electrons. The predicted molar refractivity (Wildman–Crippen MR) is 106 cm³/mol. The van der Waals surface area contributed by atoms with Crippen molar-refractivity contribution in [1.29, 1.82) is 0 Å². The Morgan fingerprint density at radius 1 is 1.21 bits per heavy atom. The number of carbonyl (C=O) groups is 2. The second-order valence-electron chi connectivity index (χ2n) is 7.86. The Hall–Kier alpha value is -2.70. The smallest absolute Gasteiger partial charge is 0.303 e. The lowest BCUT2D eigenvalue weighted by Crippen LogP contribution is -2.45. The fourth-order valence-electron chi connectivity index (χ4n) is 3.86. The third-order valence-corrected chi connectivity index (χ3v) is 5.19. The van der Waals surface area contributed by atoms with Crippen molar-refractivity contribution in [2.45, 2.75) is 58.5 Å². The Kier molecular flexibility index (Phi) is 6.11. The predicted octanol–water partition coefficient (Wildman–Crippen LogP) is 2.91. The van der Waals surface area contributed by atoms with Gasteiger partial charge in [-0.3, -0.25) is 14.4 Å². The molecule has 1 amide bonds. The summed E-state index contributed by atoms with van der Waals surface area (Å²) < 4.78 is 1.39. The van der Waals surface area contributed by atoms with Crippen molar-refractivity contribution in [2.24, 2.45) is 5.92 Å². The highest BCUT2D eigenvalue weighted by Crippen LogP contribution is 2.24. The van der Waals surface area contributed by atoms with E-state index in [1.807, 2.05) is 13.8 Å². The third kappa shape index (κ3) is 4.24. The minimum Gasteiger partial charge on any atom is -0.481 e. The van der Waals surface area contributed by atoms with Crippen molar-refractivity contribution in [3.05, 3.63) is 40.3 Å². The number of benzene rings is 1. The molecule has 0 spiro atoms. The molecule has 7 heteroatoms. The van der Waals surface area contributed by atoms with Crippen LogP contribution in [0, 0.1) is 5.92 Å². The van der Waals surface area contributed by atoms with Gasteiger partial charge in [-0.1, -0.05) is 32.0 Å². The number of aromatic nitrogens is 2. The van der Waals surface area contributed by atoms with Crippen LogP contribution in [-0.4, -0.2) is 44.3 Å². The number of likely N-dealkylation sites (tertiary alicyclic amines) is 1. The Morgan fingerprint density at radius 3 is 2.61 bits per heavy atom. The molecule has 0 radical (unpaired) electrons. The number of carboxylic acid groups (broad SMARTS) is 1. The van der Waals surface area contributed by atoms with Crippen LogP contribution >= 0.6 is 0 Å². The Labute approximate surface area is 164 Å². The number of rotatable bonds is 6.